The topological polar surface area (TPSA) is 149 Å². The van der Waals surface area contributed by atoms with Gasteiger partial charge in [0.25, 0.3) is 6.02 Å². The maximum Gasteiger partial charge on any atom is 0.288 e. The van der Waals surface area contributed by atoms with E-state index in [9.17, 15) is 9.59 Å². The molecule has 40 heavy (non-hydrogen) atoms. The summed E-state index contributed by atoms with van der Waals surface area (Å²) in [6.45, 7) is 3.51. The molecule has 12 heteroatoms. The lowest BCUT2D eigenvalue weighted by Crippen LogP contribution is -2.64. The van der Waals surface area contributed by atoms with E-state index in [2.05, 4.69) is 15.3 Å². The van der Waals surface area contributed by atoms with Crippen LogP contribution in [0, 0.1) is 5.92 Å². The van der Waals surface area contributed by atoms with Crippen LogP contribution in [0.25, 0.3) is 10.4 Å². The lowest BCUT2D eigenvalue weighted by molar-refractivity contribution is -0.145. The molecule has 0 spiro atoms. The summed E-state index contributed by atoms with van der Waals surface area (Å²) in [5.41, 5.74) is 16.3. The van der Waals surface area contributed by atoms with Crippen LogP contribution in [0.5, 0.6) is 0 Å². The molecule has 1 aliphatic carbocycles. The number of azide groups is 1. The van der Waals surface area contributed by atoms with Gasteiger partial charge in [-0.2, -0.15) is 0 Å². The third kappa shape index (κ3) is 6.24. The Morgan fingerprint density at radius 2 is 1.98 bits per heavy atom. The molecule has 212 valence electrons. The lowest BCUT2D eigenvalue weighted by atomic mass is 9.81. The summed E-state index contributed by atoms with van der Waals surface area (Å²) >= 11 is 1.57. The van der Waals surface area contributed by atoms with E-state index in [1.807, 2.05) is 59.7 Å². The quantitative estimate of drug-likeness (QED) is 0.299. The van der Waals surface area contributed by atoms with E-state index in [0.717, 1.165) is 23.3 Å². The van der Waals surface area contributed by atoms with Gasteiger partial charge in [0.1, 0.15) is 12.1 Å². The summed E-state index contributed by atoms with van der Waals surface area (Å²) in [4.78, 5) is 39.6. The van der Waals surface area contributed by atoms with Crippen LogP contribution in [0.15, 0.2) is 58.0 Å². The molecule has 1 aromatic heterocycles. The van der Waals surface area contributed by atoms with Crippen LogP contribution in [-0.4, -0.2) is 71.4 Å². The SMILES string of the molecule is C[C@@H]1N=C(N2CCN(C(=O)[C@H](N)C3CCC(N=[N+]=[N-])CC3)[C@H](C(=O)NCc3cccs3)C2)O[C@H]1c1ccccc1. The first-order chi connectivity index (χ1) is 19.4. The van der Waals surface area contributed by atoms with Crippen molar-refractivity contribution in [2.45, 2.75) is 69.4 Å². The Hall–Kier alpha value is -3.60. The van der Waals surface area contributed by atoms with E-state index in [-0.39, 0.29) is 42.5 Å². The van der Waals surface area contributed by atoms with Crippen molar-refractivity contribution in [3.05, 3.63) is 68.7 Å². The van der Waals surface area contributed by atoms with Crippen LogP contribution in [0.2, 0.25) is 0 Å². The van der Waals surface area contributed by atoms with Crippen molar-refractivity contribution < 1.29 is 14.3 Å². The minimum absolute atomic E-state index is 0.0134. The Morgan fingerprint density at radius 3 is 2.67 bits per heavy atom. The number of thiophene rings is 1. The van der Waals surface area contributed by atoms with E-state index in [0.29, 0.717) is 38.5 Å². The van der Waals surface area contributed by atoms with Gasteiger partial charge in [-0.15, -0.1) is 11.3 Å². The molecule has 3 heterocycles. The molecule has 1 saturated heterocycles. The van der Waals surface area contributed by atoms with Crippen LogP contribution in [0.1, 0.15) is 49.2 Å². The Bertz CT molecular complexity index is 1240. The first kappa shape index (κ1) is 27.9. The van der Waals surface area contributed by atoms with Gasteiger partial charge in [0.05, 0.1) is 25.2 Å². The molecule has 2 aromatic rings. The Labute approximate surface area is 238 Å². The van der Waals surface area contributed by atoms with Crippen molar-refractivity contribution in [3.63, 3.8) is 0 Å². The van der Waals surface area contributed by atoms with Gasteiger partial charge in [-0.25, -0.2) is 4.99 Å². The smallest absolute Gasteiger partial charge is 0.288 e. The highest BCUT2D eigenvalue weighted by molar-refractivity contribution is 7.09. The predicted molar refractivity (Wildman–Crippen MR) is 153 cm³/mol. The van der Waals surface area contributed by atoms with Crippen molar-refractivity contribution in [1.29, 1.82) is 0 Å². The third-order valence-corrected chi connectivity index (χ3v) is 8.99. The van der Waals surface area contributed by atoms with Crippen LogP contribution < -0.4 is 11.1 Å². The molecular formula is C28H36N8O3S. The number of piperazine rings is 1. The summed E-state index contributed by atoms with van der Waals surface area (Å²) in [5, 5.41) is 8.81. The largest absolute Gasteiger partial charge is 0.455 e. The minimum Gasteiger partial charge on any atom is -0.455 e. The van der Waals surface area contributed by atoms with Gasteiger partial charge in [-0.3, -0.25) is 9.59 Å². The molecule has 0 unspecified atom stereocenters. The minimum atomic E-state index is -0.732. The molecule has 3 aliphatic rings. The Morgan fingerprint density at radius 1 is 1.20 bits per heavy atom. The van der Waals surface area contributed by atoms with Crippen LogP contribution in [0.4, 0.5) is 0 Å². The maximum absolute atomic E-state index is 13.7. The van der Waals surface area contributed by atoms with Crippen molar-refractivity contribution in [1.82, 2.24) is 15.1 Å². The molecule has 2 amide bonds. The number of amides is 2. The zero-order valence-corrected chi connectivity index (χ0v) is 23.4. The van der Waals surface area contributed by atoms with E-state index < -0.39 is 12.1 Å². The number of carbonyl (C=O) groups is 2. The first-order valence-corrected chi connectivity index (χ1v) is 14.8. The number of nitrogens with one attached hydrogen (secondary N) is 1. The number of benzene rings is 1. The van der Waals surface area contributed by atoms with Gasteiger partial charge in [0.2, 0.25) is 11.8 Å². The molecule has 0 radical (unpaired) electrons. The maximum atomic E-state index is 13.7. The average Bonchev–Trinajstić information content (AvgIpc) is 3.66. The fourth-order valence-corrected chi connectivity index (χ4v) is 6.47. The summed E-state index contributed by atoms with van der Waals surface area (Å²) < 4.78 is 6.30. The first-order valence-electron chi connectivity index (χ1n) is 13.9. The van der Waals surface area contributed by atoms with E-state index in [4.69, 9.17) is 21.0 Å². The van der Waals surface area contributed by atoms with Crippen LogP contribution in [0.3, 0.4) is 0 Å². The number of nitrogens with zero attached hydrogens (tertiary/aromatic N) is 6. The highest BCUT2D eigenvalue weighted by Gasteiger charge is 2.42. The van der Waals surface area contributed by atoms with Crippen molar-refractivity contribution >= 4 is 29.2 Å². The number of amidine groups is 1. The Balaban J connectivity index is 1.29. The molecule has 2 fully saturated rings. The van der Waals surface area contributed by atoms with E-state index in [1.54, 1.807) is 16.2 Å². The number of nitrogens with two attached hydrogens (primary N) is 1. The summed E-state index contributed by atoms with van der Waals surface area (Å²) in [5.74, 6) is -0.453. The fourth-order valence-electron chi connectivity index (χ4n) is 5.82. The molecule has 5 rings (SSSR count). The van der Waals surface area contributed by atoms with Crippen LogP contribution in [-0.2, 0) is 20.9 Å². The molecule has 11 nitrogen and oxygen atoms in total. The second kappa shape index (κ2) is 12.7. The molecule has 3 N–H and O–H groups in total. The van der Waals surface area contributed by atoms with Gasteiger partial charge in [0, 0.05) is 28.9 Å². The molecular weight excluding hydrogens is 528 g/mol. The van der Waals surface area contributed by atoms with Crippen molar-refractivity contribution in [2.24, 2.45) is 21.8 Å². The monoisotopic (exact) mass is 564 g/mol. The van der Waals surface area contributed by atoms with Crippen LogP contribution >= 0.6 is 11.3 Å². The zero-order chi connectivity index (χ0) is 28.1. The van der Waals surface area contributed by atoms with Gasteiger partial charge in [0.15, 0.2) is 0 Å². The summed E-state index contributed by atoms with van der Waals surface area (Å²) in [7, 11) is 0. The zero-order valence-electron chi connectivity index (χ0n) is 22.6. The number of rotatable bonds is 7. The molecule has 0 bridgehead atoms. The highest BCUT2D eigenvalue weighted by atomic mass is 32.1. The van der Waals surface area contributed by atoms with Gasteiger partial charge in [-0.1, -0.05) is 41.5 Å². The van der Waals surface area contributed by atoms with Gasteiger partial charge < -0.3 is 25.6 Å². The Kier molecular flexibility index (Phi) is 8.88. The normalized spacial score (nSPS) is 27.2. The summed E-state index contributed by atoms with van der Waals surface area (Å²) in [6.07, 6.45) is 2.67. The number of ether oxygens (including phenoxy) is 1. The molecule has 1 aromatic carbocycles. The second-order valence-corrected chi connectivity index (χ2v) is 11.7. The standard InChI is InChI=1S/C28H36N8O3S/c1-18-25(20-6-3-2-4-7-20)39-28(32-18)35-13-14-36(23(17-35)26(37)31-16-22-8-5-15-40-22)27(38)24(29)19-9-11-21(12-10-19)33-34-30/h2-8,15,18-19,21,23-25H,9-14,16-17,29H2,1H3,(H,31,37)/t18-,19?,21?,23-,24+,25+/m0/s1. The number of carbonyl (C=O) groups excluding carboxylic acids is 2. The number of hydrogen-bond donors (Lipinski definition) is 2. The fraction of sp³-hybridized carbons (Fsp3) is 0.536. The highest BCUT2D eigenvalue weighted by Crippen LogP contribution is 2.32. The summed E-state index contributed by atoms with van der Waals surface area (Å²) in [6, 6.07) is 12.8. The van der Waals surface area contributed by atoms with Gasteiger partial charge in [-0.05, 0) is 61.1 Å². The van der Waals surface area contributed by atoms with Gasteiger partial charge >= 0.3 is 0 Å². The average molecular weight is 565 g/mol. The predicted octanol–water partition coefficient (Wildman–Crippen LogP) is 3.59. The molecule has 2 aliphatic heterocycles. The number of aliphatic imine (C=N–C) groups is 1. The van der Waals surface area contributed by atoms with Crippen molar-refractivity contribution in [2.75, 3.05) is 19.6 Å². The second-order valence-electron chi connectivity index (χ2n) is 10.7. The third-order valence-electron chi connectivity index (χ3n) is 8.12. The van der Waals surface area contributed by atoms with E-state index >= 15 is 0 Å². The van der Waals surface area contributed by atoms with Crippen molar-refractivity contribution in [3.8, 4) is 0 Å². The number of hydrogen-bond acceptors (Lipinski definition) is 8. The lowest BCUT2D eigenvalue weighted by Gasteiger charge is -2.42. The molecule has 1 saturated carbocycles. The van der Waals surface area contributed by atoms with E-state index in [1.165, 1.54) is 0 Å². The molecule has 4 atom stereocenters.